The summed E-state index contributed by atoms with van der Waals surface area (Å²) in [6.45, 7) is 0. The van der Waals surface area contributed by atoms with Gasteiger partial charge in [0.05, 0.1) is 24.7 Å². The highest BCUT2D eigenvalue weighted by Crippen LogP contribution is 2.21. The lowest BCUT2D eigenvalue weighted by Gasteiger charge is -2.08. The van der Waals surface area contributed by atoms with Crippen LogP contribution in [-0.4, -0.2) is 48.3 Å². The van der Waals surface area contributed by atoms with E-state index in [0.717, 1.165) is 11.4 Å². The van der Waals surface area contributed by atoms with Gasteiger partial charge in [-0.3, -0.25) is 9.36 Å². The maximum Gasteiger partial charge on any atom is 0.234 e. The Morgan fingerprint density at radius 2 is 2.07 bits per heavy atom. The van der Waals surface area contributed by atoms with E-state index in [4.69, 9.17) is 4.74 Å². The lowest BCUT2D eigenvalue weighted by molar-refractivity contribution is -0.113. The molecule has 0 aliphatic rings. The summed E-state index contributed by atoms with van der Waals surface area (Å²) in [5, 5.41) is 15.6. The highest BCUT2D eigenvalue weighted by Gasteiger charge is 2.11. The molecule has 4 rings (SSSR count). The summed E-state index contributed by atoms with van der Waals surface area (Å²) in [6, 6.07) is 12.9. The second-order valence-electron chi connectivity index (χ2n) is 5.87. The molecule has 0 aliphatic carbocycles. The minimum atomic E-state index is -0.159. The second-order valence-corrected chi connectivity index (χ2v) is 6.82. The fourth-order valence-electron chi connectivity index (χ4n) is 2.57. The predicted octanol–water partition coefficient (Wildman–Crippen LogP) is 2.59. The molecular weight excluding hydrogens is 390 g/mol. The van der Waals surface area contributed by atoms with Gasteiger partial charge in [0, 0.05) is 18.1 Å². The van der Waals surface area contributed by atoms with Crippen molar-refractivity contribution in [2.45, 2.75) is 5.16 Å². The Balaban J connectivity index is 1.36. The molecule has 10 heteroatoms. The standard InChI is InChI=1S/C19H17N7O2S/c1-28-16-6-4-15(5-7-16)25-13-21-24-19(25)29-12-18(27)23-14-3-8-17(20-11-14)26-10-2-9-22-26/h2-11,13H,12H2,1H3,(H,23,27). The van der Waals surface area contributed by atoms with Gasteiger partial charge >= 0.3 is 0 Å². The number of carbonyl (C=O) groups excluding carboxylic acids is 1. The lowest BCUT2D eigenvalue weighted by Crippen LogP contribution is -2.15. The highest BCUT2D eigenvalue weighted by atomic mass is 32.2. The Morgan fingerprint density at radius 1 is 1.21 bits per heavy atom. The van der Waals surface area contributed by atoms with Crippen LogP contribution in [0.4, 0.5) is 5.69 Å². The summed E-state index contributed by atoms with van der Waals surface area (Å²) in [6.07, 6.45) is 6.69. The van der Waals surface area contributed by atoms with Gasteiger partial charge in [-0.2, -0.15) is 5.10 Å². The third kappa shape index (κ3) is 4.43. The number of nitrogens with one attached hydrogen (secondary N) is 1. The van der Waals surface area contributed by atoms with Crippen LogP contribution in [0.2, 0.25) is 0 Å². The third-order valence-corrected chi connectivity index (χ3v) is 4.91. The molecule has 29 heavy (non-hydrogen) atoms. The SMILES string of the molecule is COc1ccc(-n2cnnc2SCC(=O)Nc2ccc(-n3cccn3)nc2)cc1. The summed E-state index contributed by atoms with van der Waals surface area (Å²) in [5.74, 6) is 1.47. The van der Waals surface area contributed by atoms with E-state index in [0.29, 0.717) is 16.7 Å². The number of hydrogen-bond donors (Lipinski definition) is 1. The van der Waals surface area contributed by atoms with Gasteiger partial charge in [-0.1, -0.05) is 11.8 Å². The van der Waals surface area contributed by atoms with Crippen molar-refractivity contribution in [2.75, 3.05) is 18.2 Å². The highest BCUT2D eigenvalue weighted by molar-refractivity contribution is 7.99. The van der Waals surface area contributed by atoms with Gasteiger partial charge in [0.2, 0.25) is 5.91 Å². The van der Waals surface area contributed by atoms with E-state index in [9.17, 15) is 4.79 Å². The average Bonchev–Trinajstić information content (AvgIpc) is 3.45. The van der Waals surface area contributed by atoms with E-state index < -0.39 is 0 Å². The third-order valence-electron chi connectivity index (χ3n) is 3.97. The normalized spacial score (nSPS) is 10.7. The molecule has 4 aromatic rings. The largest absolute Gasteiger partial charge is 0.497 e. The van der Waals surface area contributed by atoms with Crippen LogP contribution in [0.3, 0.4) is 0 Å². The van der Waals surface area contributed by atoms with Crippen molar-refractivity contribution in [3.05, 3.63) is 67.4 Å². The first-order chi connectivity index (χ1) is 14.2. The molecular formula is C19H17N7O2S. The molecule has 3 aromatic heterocycles. The van der Waals surface area contributed by atoms with Crippen LogP contribution in [0.5, 0.6) is 5.75 Å². The first-order valence-corrected chi connectivity index (χ1v) is 9.64. The summed E-state index contributed by atoms with van der Waals surface area (Å²) < 4.78 is 8.64. The molecule has 1 N–H and O–H groups in total. The molecule has 0 fully saturated rings. The van der Waals surface area contributed by atoms with E-state index in [-0.39, 0.29) is 11.7 Å². The Morgan fingerprint density at radius 3 is 2.76 bits per heavy atom. The van der Waals surface area contributed by atoms with Crippen LogP contribution in [0.15, 0.2) is 72.5 Å². The van der Waals surface area contributed by atoms with Crippen molar-refractivity contribution < 1.29 is 9.53 Å². The van der Waals surface area contributed by atoms with Crippen molar-refractivity contribution in [1.29, 1.82) is 0 Å². The summed E-state index contributed by atoms with van der Waals surface area (Å²) >= 11 is 1.30. The first kappa shape index (κ1) is 18.7. The molecule has 0 bridgehead atoms. The maximum atomic E-state index is 12.3. The number of methoxy groups -OCH3 is 1. The Labute approximate surface area is 170 Å². The maximum absolute atomic E-state index is 12.3. The van der Waals surface area contributed by atoms with E-state index in [1.54, 1.807) is 48.8 Å². The minimum Gasteiger partial charge on any atom is -0.497 e. The Kier molecular flexibility index (Phi) is 5.52. The number of pyridine rings is 1. The van der Waals surface area contributed by atoms with Crippen LogP contribution in [0.25, 0.3) is 11.5 Å². The van der Waals surface area contributed by atoms with Crippen molar-refractivity contribution in [3.63, 3.8) is 0 Å². The van der Waals surface area contributed by atoms with Crippen LogP contribution in [0, 0.1) is 0 Å². The number of thioether (sulfide) groups is 1. The molecule has 0 radical (unpaired) electrons. The predicted molar refractivity (Wildman–Crippen MR) is 109 cm³/mol. The van der Waals surface area contributed by atoms with Gasteiger partial charge in [0.1, 0.15) is 12.1 Å². The monoisotopic (exact) mass is 407 g/mol. The fraction of sp³-hybridized carbons (Fsp3) is 0.105. The number of benzene rings is 1. The molecule has 0 saturated carbocycles. The Hall–Kier alpha value is -3.66. The van der Waals surface area contributed by atoms with Gasteiger partial charge in [-0.05, 0) is 42.5 Å². The lowest BCUT2D eigenvalue weighted by atomic mass is 10.3. The van der Waals surface area contributed by atoms with Crippen molar-refractivity contribution in [1.82, 2.24) is 29.5 Å². The van der Waals surface area contributed by atoms with E-state index in [1.807, 2.05) is 34.9 Å². The summed E-state index contributed by atoms with van der Waals surface area (Å²) in [5.41, 5.74) is 1.50. The molecule has 0 atom stereocenters. The zero-order valence-corrected chi connectivity index (χ0v) is 16.3. The van der Waals surface area contributed by atoms with Crippen molar-refractivity contribution in [3.8, 4) is 17.3 Å². The summed E-state index contributed by atoms with van der Waals surface area (Å²) in [4.78, 5) is 16.6. The van der Waals surface area contributed by atoms with Crippen LogP contribution in [0.1, 0.15) is 0 Å². The van der Waals surface area contributed by atoms with Gasteiger partial charge in [0.25, 0.3) is 0 Å². The van der Waals surface area contributed by atoms with Gasteiger partial charge in [-0.25, -0.2) is 9.67 Å². The number of anilines is 1. The molecule has 146 valence electrons. The number of carbonyl (C=O) groups is 1. The molecule has 0 aliphatic heterocycles. The van der Waals surface area contributed by atoms with Crippen molar-refractivity contribution >= 4 is 23.4 Å². The second kappa shape index (κ2) is 8.57. The van der Waals surface area contributed by atoms with Gasteiger partial charge in [-0.15, -0.1) is 10.2 Å². The van der Waals surface area contributed by atoms with Crippen LogP contribution < -0.4 is 10.1 Å². The van der Waals surface area contributed by atoms with Crippen molar-refractivity contribution in [2.24, 2.45) is 0 Å². The number of ether oxygens (including phenoxy) is 1. The van der Waals surface area contributed by atoms with E-state index in [1.165, 1.54) is 11.8 Å². The summed E-state index contributed by atoms with van der Waals surface area (Å²) in [7, 11) is 1.62. The molecule has 9 nitrogen and oxygen atoms in total. The molecule has 0 saturated heterocycles. The Bertz CT molecular complexity index is 1080. The van der Waals surface area contributed by atoms with E-state index in [2.05, 4.69) is 25.6 Å². The first-order valence-electron chi connectivity index (χ1n) is 8.66. The molecule has 1 aromatic carbocycles. The zero-order valence-electron chi connectivity index (χ0n) is 15.5. The van der Waals surface area contributed by atoms with E-state index >= 15 is 0 Å². The number of aromatic nitrogens is 6. The topological polar surface area (TPSA) is 99.8 Å². The number of hydrogen-bond acceptors (Lipinski definition) is 7. The smallest absolute Gasteiger partial charge is 0.234 e. The van der Waals surface area contributed by atoms with Crippen LogP contribution >= 0.6 is 11.8 Å². The average molecular weight is 407 g/mol. The van der Waals surface area contributed by atoms with Crippen LogP contribution in [-0.2, 0) is 4.79 Å². The number of nitrogens with zero attached hydrogens (tertiary/aromatic N) is 6. The molecule has 0 unspecified atom stereocenters. The number of amides is 1. The fourth-order valence-corrected chi connectivity index (χ4v) is 3.30. The molecule has 1 amide bonds. The zero-order chi connectivity index (χ0) is 20.1. The molecule has 3 heterocycles. The van der Waals surface area contributed by atoms with Gasteiger partial charge < -0.3 is 10.1 Å². The quantitative estimate of drug-likeness (QED) is 0.470. The van der Waals surface area contributed by atoms with Gasteiger partial charge in [0.15, 0.2) is 11.0 Å². The minimum absolute atomic E-state index is 0.159. The number of rotatable bonds is 7. The molecule has 0 spiro atoms.